The lowest BCUT2D eigenvalue weighted by Gasteiger charge is -2.21. The number of carbonyl (C=O) groups excluding carboxylic acids is 1. The largest absolute Gasteiger partial charge is 0.494 e. The topological polar surface area (TPSA) is 96.7 Å². The summed E-state index contributed by atoms with van der Waals surface area (Å²) in [6.07, 6.45) is 6.66. The Morgan fingerprint density at radius 2 is 2.03 bits per heavy atom. The van der Waals surface area contributed by atoms with Crippen LogP contribution in [0, 0.1) is 6.92 Å². The molecule has 168 valence electrons. The van der Waals surface area contributed by atoms with Gasteiger partial charge in [0.15, 0.2) is 0 Å². The van der Waals surface area contributed by atoms with Crippen molar-refractivity contribution < 1.29 is 9.53 Å². The fourth-order valence-electron chi connectivity index (χ4n) is 3.51. The lowest BCUT2D eigenvalue weighted by molar-refractivity contribution is -0.111. The highest BCUT2D eigenvalue weighted by Gasteiger charge is 2.15. The second-order valence-electron chi connectivity index (χ2n) is 7.58. The zero-order chi connectivity index (χ0) is 23.5. The van der Waals surface area contributed by atoms with Crippen molar-refractivity contribution >= 4 is 34.6 Å². The van der Waals surface area contributed by atoms with Crippen LogP contribution in [0.3, 0.4) is 0 Å². The van der Waals surface area contributed by atoms with E-state index in [1.807, 2.05) is 60.8 Å². The van der Waals surface area contributed by atoms with Crippen LogP contribution in [0.15, 0.2) is 61.6 Å². The van der Waals surface area contributed by atoms with E-state index in [0.29, 0.717) is 23.1 Å². The smallest absolute Gasteiger partial charge is 0.247 e. The first-order valence-electron chi connectivity index (χ1n) is 10.3. The summed E-state index contributed by atoms with van der Waals surface area (Å²) in [5.74, 6) is 0.650. The first-order chi connectivity index (χ1) is 15.9. The molecule has 0 radical (unpaired) electrons. The van der Waals surface area contributed by atoms with E-state index in [9.17, 15) is 4.79 Å². The molecular formula is C24H25N7O2. The average molecular weight is 444 g/mol. The number of carbonyl (C=O) groups is 1. The number of hydrogen-bond acceptors (Lipinski definition) is 7. The number of nitrogens with one attached hydrogen (secondary N) is 2. The summed E-state index contributed by atoms with van der Waals surface area (Å²) in [7, 11) is 5.35. The van der Waals surface area contributed by atoms with Gasteiger partial charge in [0.2, 0.25) is 11.9 Å². The number of amides is 1. The van der Waals surface area contributed by atoms with E-state index in [2.05, 4.69) is 32.2 Å². The summed E-state index contributed by atoms with van der Waals surface area (Å²) in [5.41, 5.74) is 5.52. The van der Waals surface area contributed by atoms with Crippen LogP contribution in [0.4, 0.5) is 23.0 Å². The first-order valence-corrected chi connectivity index (χ1v) is 10.3. The minimum absolute atomic E-state index is 0.310. The normalized spacial score (nSPS) is 10.7. The van der Waals surface area contributed by atoms with E-state index < -0.39 is 0 Å². The van der Waals surface area contributed by atoms with Crippen molar-refractivity contribution in [3.63, 3.8) is 0 Å². The van der Waals surface area contributed by atoms with Crippen molar-refractivity contribution in [2.45, 2.75) is 6.92 Å². The fraction of sp³-hybridized carbons (Fsp3) is 0.167. The number of imidazole rings is 1. The molecule has 0 saturated carbocycles. The van der Waals surface area contributed by atoms with Crippen LogP contribution in [0.1, 0.15) is 5.56 Å². The SMILES string of the molecule is C=CC(=O)Nc1cc(Nc2nccc(-c3cnc4c(C)cccn34)n2)c(OC)cc1N(C)C. The van der Waals surface area contributed by atoms with Gasteiger partial charge in [-0.1, -0.05) is 12.6 Å². The van der Waals surface area contributed by atoms with Crippen LogP contribution in [0.5, 0.6) is 5.75 Å². The van der Waals surface area contributed by atoms with Crippen LogP contribution < -0.4 is 20.3 Å². The van der Waals surface area contributed by atoms with E-state index in [1.54, 1.807) is 25.6 Å². The molecule has 0 aliphatic carbocycles. The second-order valence-corrected chi connectivity index (χ2v) is 7.58. The number of aromatic nitrogens is 4. The molecular weight excluding hydrogens is 418 g/mol. The minimum atomic E-state index is -0.310. The standard InChI is InChI=1S/C24H25N7O2/c1-6-22(32)27-17-12-18(21(33-5)13-19(17)30(3)4)29-24-25-10-9-16(28-24)20-14-26-23-15(2)8-7-11-31(20)23/h6-14H,1H2,2-5H3,(H,27,32)(H,25,28,29). The van der Waals surface area contributed by atoms with Gasteiger partial charge in [-0.15, -0.1) is 0 Å². The molecule has 0 aliphatic rings. The quantitative estimate of drug-likeness (QED) is 0.416. The van der Waals surface area contributed by atoms with Gasteiger partial charge in [0.05, 0.1) is 41.8 Å². The summed E-state index contributed by atoms with van der Waals surface area (Å²) >= 11 is 0. The molecule has 4 rings (SSSR count). The summed E-state index contributed by atoms with van der Waals surface area (Å²) in [6, 6.07) is 9.44. The van der Waals surface area contributed by atoms with E-state index in [1.165, 1.54) is 6.08 Å². The molecule has 9 heteroatoms. The van der Waals surface area contributed by atoms with Gasteiger partial charge in [-0.25, -0.2) is 15.0 Å². The molecule has 0 spiro atoms. The fourth-order valence-corrected chi connectivity index (χ4v) is 3.51. The Bertz CT molecular complexity index is 1340. The Morgan fingerprint density at radius 3 is 2.76 bits per heavy atom. The van der Waals surface area contributed by atoms with Crippen LogP contribution >= 0.6 is 0 Å². The maximum atomic E-state index is 12.0. The number of anilines is 4. The van der Waals surface area contributed by atoms with Crippen molar-refractivity contribution in [3.8, 4) is 17.1 Å². The Morgan fingerprint density at radius 1 is 1.21 bits per heavy atom. The molecule has 1 amide bonds. The van der Waals surface area contributed by atoms with Gasteiger partial charge in [0.25, 0.3) is 0 Å². The number of aryl methyl sites for hydroxylation is 1. The number of rotatable bonds is 7. The molecule has 2 N–H and O–H groups in total. The lowest BCUT2D eigenvalue weighted by Crippen LogP contribution is -2.15. The highest BCUT2D eigenvalue weighted by atomic mass is 16.5. The number of fused-ring (bicyclic) bond motifs is 1. The predicted molar refractivity (Wildman–Crippen MR) is 130 cm³/mol. The molecule has 0 aliphatic heterocycles. The minimum Gasteiger partial charge on any atom is -0.494 e. The van der Waals surface area contributed by atoms with E-state index >= 15 is 0 Å². The number of pyridine rings is 1. The van der Waals surface area contributed by atoms with Gasteiger partial charge in [-0.2, -0.15) is 0 Å². The van der Waals surface area contributed by atoms with Crippen molar-refractivity contribution in [1.29, 1.82) is 0 Å². The summed E-state index contributed by atoms with van der Waals surface area (Å²) in [5, 5.41) is 6.04. The van der Waals surface area contributed by atoms with Crippen molar-refractivity contribution in [3.05, 3.63) is 67.1 Å². The third-order valence-corrected chi connectivity index (χ3v) is 5.14. The number of hydrogen-bond donors (Lipinski definition) is 2. The van der Waals surface area contributed by atoms with E-state index in [4.69, 9.17) is 4.74 Å². The van der Waals surface area contributed by atoms with E-state index in [0.717, 1.165) is 28.3 Å². The highest BCUT2D eigenvalue weighted by Crippen LogP contribution is 2.37. The van der Waals surface area contributed by atoms with Crippen LogP contribution in [-0.4, -0.2) is 46.5 Å². The molecule has 0 atom stereocenters. The van der Waals surface area contributed by atoms with Crippen molar-refractivity contribution in [2.24, 2.45) is 0 Å². The average Bonchev–Trinajstić information content (AvgIpc) is 3.25. The maximum Gasteiger partial charge on any atom is 0.247 e. The van der Waals surface area contributed by atoms with Gasteiger partial charge < -0.3 is 20.3 Å². The van der Waals surface area contributed by atoms with Gasteiger partial charge in [-0.3, -0.25) is 9.20 Å². The van der Waals surface area contributed by atoms with Gasteiger partial charge in [0.1, 0.15) is 11.4 Å². The molecule has 0 fully saturated rings. The Kier molecular flexibility index (Phi) is 5.95. The number of benzene rings is 1. The van der Waals surface area contributed by atoms with Gasteiger partial charge in [0, 0.05) is 32.6 Å². The second kappa shape index (κ2) is 8.99. The third kappa shape index (κ3) is 4.33. The number of ether oxygens (including phenoxy) is 1. The van der Waals surface area contributed by atoms with Crippen molar-refractivity contribution in [2.75, 3.05) is 36.7 Å². The Hall–Kier alpha value is -4.40. The lowest BCUT2D eigenvalue weighted by atomic mass is 10.2. The molecule has 1 aromatic carbocycles. The van der Waals surface area contributed by atoms with Crippen LogP contribution in [0.2, 0.25) is 0 Å². The maximum absolute atomic E-state index is 12.0. The van der Waals surface area contributed by atoms with Gasteiger partial charge >= 0.3 is 0 Å². The molecule has 3 heterocycles. The zero-order valence-corrected chi connectivity index (χ0v) is 19.0. The zero-order valence-electron chi connectivity index (χ0n) is 19.0. The van der Waals surface area contributed by atoms with Crippen LogP contribution in [-0.2, 0) is 4.79 Å². The molecule has 33 heavy (non-hydrogen) atoms. The Labute approximate surface area is 191 Å². The highest BCUT2D eigenvalue weighted by molar-refractivity contribution is 6.02. The Balaban J connectivity index is 1.73. The summed E-state index contributed by atoms with van der Waals surface area (Å²) in [6.45, 7) is 5.54. The summed E-state index contributed by atoms with van der Waals surface area (Å²) < 4.78 is 7.57. The summed E-state index contributed by atoms with van der Waals surface area (Å²) in [4.78, 5) is 27.4. The van der Waals surface area contributed by atoms with E-state index in [-0.39, 0.29) is 5.91 Å². The molecule has 3 aromatic heterocycles. The number of methoxy groups -OCH3 is 1. The predicted octanol–water partition coefficient (Wildman–Crippen LogP) is 4.04. The third-order valence-electron chi connectivity index (χ3n) is 5.14. The van der Waals surface area contributed by atoms with Crippen LogP contribution in [0.25, 0.3) is 17.0 Å². The van der Waals surface area contributed by atoms with Crippen molar-refractivity contribution in [1.82, 2.24) is 19.4 Å². The van der Waals surface area contributed by atoms with Gasteiger partial charge in [-0.05, 0) is 36.8 Å². The number of nitrogens with zero attached hydrogens (tertiary/aromatic N) is 5. The molecule has 0 saturated heterocycles. The monoisotopic (exact) mass is 443 g/mol. The first kappa shape index (κ1) is 21.8. The molecule has 4 aromatic rings. The molecule has 0 bridgehead atoms. The molecule has 9 nitrogen and oxygen atoms in total. The molecule has 0 unspecified atom stereocenters.